The van der Waals surface area contributed by atoms with Crippen molar-refractivity contribution in [1.82, 2.24) is 14.8 Å². The summed E-state index contributed by atoms with van der Waals surface area (Å²) < 4.78 is 31.7. The number of sulfonamides is 1. The summed E-state index contributed by atoms with van der Waals surface area (Å²) in [6.45, 7) is 4.51. The Balaban J connectivity index is 1.64. The zero-order valence-corrected chi connectivity index (χ0v) is 18.2. The summed E-state index contributed by atoms with van der Waals surface area (Å²) in [5, 5.41) is 7.33. The molecule has 0 spiro atoms. The van der Waals surface area contributed by atoms with Crippen LogP contribution in [0.2, 0.25) is 5.02 Å². The summed E-state index contributed by atoms with van der Waals surface area (Å²) in [6, 6.07) is 14.8. The molecule has 9 heteroatoms. The Morgan fingerprint density at radius 3 is 2.30 bits per heavy atom. The third-order valence-corrected chi connectivity index (χ3v) is 6.89. The van der Waals surface area contributed by atoms with Crippen molar-refractivity contribution in [3.8, 4) is 11.3 Å². The number of halogens is 1. The number of rotatable bonds is 8. The number of nitrogens with one attached hydrogen (secondary N) is 1. The molecule has 1 heterocycles. The van der Waals surface area contributed by atoms with Crippen molar-refractivity contribution in [2.45, 2.75) is 25.3 Å². The van der Waals surface area contributed by atoms with E-state index in [1.807, 2.05) is 12.1 Å². The van der Waals surface area contributed by atoms with Crippen molar-refractivity contribution in [1.29, 1.82) is 0 Å². The van der Waals surface area contributed by atoms with E-state index in [1.54, 1.807) is 32.0 Å². The lowest BCUT2D eigenvalue weighted by atomic mass is 10.1. The van der Waals surface area contributed by atoms with Gasteiger partial charge in [-0.2, -0.15) is 4.31 Å². The fourth-order valence-corrected chi connectivity index (χ4v) is 4.49. The Kier molecular flexibility index (Phi) is 6.91. The van der Waals surface area contributed by atoms with E-state index in [0.29, 0.717) is 35.1 Å². The lowest BCUT2D eigenvalue weighted by Gasteiger charge is -2.18. The second-order valence-corrected chi connectivity index (χ2v) is 8.86. The van der Waals surface area contributed by atoms with E-state index in [0.717, 1.165) is 5.56 Å². The first-order chi connectivity index (χ1) is 14.3. The highest BCUT2D eigenvalue weighted by Crippen LogP contribution is 2.22. The number of hydrogen-bond acceptors (Lipinski definition) is 5. The lowest BCUT2D eigenvalue weighted by molar-refractivity contribution is 0.0950. The van der Waals surface area contributed by atoms with Crippen molar-refractivity contribution < 1.29 is 17.7 Å². The van der Waals surface area contributed by atoms with Crippen LogP contribution in [0.3, 0.4) is 0 Å². The monoisotopic (exact) mass is 447 g/mol. The minimum Gasteiger partial charge on any atom is -0.356 e. The maximum atomic E-state index is 12.5. The standard InChI is InChI=1S/C21H22ClN3O4S/c1-3-25(4-2)30(27,28)19-11-7-16(8-12-19)21(26)23-14-18-13-20(29-24-18)15-5-9-17(22)10-6-15/h5-13H,3-4,14H2,1-2H3,(H,23,26). The van der Waals surface area contributed by atoms with Crippen LogP contribution in [0.4, 0.5) is 0 Å². The Hall–Kier alpha value is -2.68. The predicted molar refractivity (Wildman–Crippen MR) is 115 cm³/mol. The normalized spacial score (nSPS) is 11.6. The summed E-state index contributed by atoms with van der Waals surface area (Å²) in [4.78, 5) is 12.6. The van der Waals surface area contributed by atoms with Crippen LogP contribution in [0.5, 0.6) is 0 Å². The van der Waals surface area contributed by atoms with Gasteiger partial charge in [-0.3, -0.25) is 4.79 Å². The van der Waals surface area contributed by atoms with Gasteiger partial charge in [0.05, 0.1) is 11.4 Å². The van der Waals surface area contributed by atoms with Crippen LogP contribution in [0.1, 0.15) is 29.9 Å². The number of nitrogens with zero attached hydrogens (tertiary/aromatic N) is 2. The van der Waals surface area contributed by atoms with Gasteiger partial charge in [-0.05, 0) is 48.5 Å². The fraction of sp³-hybridized carbons (Fsp3) is 0.238. The molecular weight excluding hydrogens is 426 g/mol. The summed E-state index contributed by atoms with van der Waals surface area (Å²) in [7, 11) is -3.55. The fourth-order valence-electron chi connectivity index (χ4n) is 2.91. The van der Waals surface area contributed by atoms with Crippen molar-refractivity contribution >= 4 is 27.5 Å². The number of carbonyl (C=O) groups excluding carboxylic acids is 1. The van der Waals surface area contributed by atoms with Gasteiger partial charge in [-0.25, -0.2) is 8.42 Å². The first-order valence-electron chi connectivity index (χ1n) is 9.45. The molecule has 0 unspecified atom stereocenters. The molecule has 0 atom stereocenters. The van der Waals surface area contributed by atoms with Crippen LogP contribution in [-0.4, -0.2) is 36.9 Å². The average Bonchev–Trinajstić information content (AvgIpc) is 3.22. The Morgan fingerprint density at radius 2 is 1.70 bits per heavy atom. The van der Waals surface area contributed by atoms with Gasteiger partial charge < -0.3 is 9.84 Å². The highest BCUT2D eigenvalue weighted by Gasteiger charge is 2.21. The second-order valence-electron chi connectivity index (χ2n) is 6.49. The lowest BCUT2D eigenvalue weighted by Crippen LogP contribution is -2.30. The number of carbonyl (C=O) groups is 1. The van der Waals surface area contributed by atoms with Gasteiger partial charge in [0.25, 0.3) is 5.91 Å². The molecule has 0 saturated heterocycles. The van der Waals surface area contributed by atoms with Crippen LogP contribution in [0.25, 0.3) is 11.3 Å². The van der Waals surface area contributed by atoms with E-state index in [-0.39, 0.29) is 17.3 Å². The molecule has 0 radical (unpaired) electrons. The van der Waals surface area contributed by atoms with Gasteiger partial charge in [0.2, 0.25) is 10.0 Å². The molecule has 3 aromatic rings. The molecule has 0 fully saturated rings. The molecule has 0 bridgehead atoms. The predicted octanol–water partition coefficient (Wildman–Crippen LogP) is 3.96. The zero-order valence-electron chi connectivity index (χ0n) is 16.6. The largest absolute Gasteiger partial charge is 0.356 e. The van der Waals surface area contributed by atoms with Crippen molar-refractivity contribution in [2.24, 2.45) is 0 Å². The van der Waals surface area contributed by atoms with Crippen molar-refractivity contribution in [2.75, 3.05) is 13.1 Å². The maximum Gasteiger partial charge on any atom is 0.251 e. The van der Waals surface area contributed by atoms with E-state index >= 15 is 0 Å². The van der Waals surface area contributed by atoms with E-state index in [2.05, 4.69) is 10.5 Å². The summed E-state index contributed by atoms with van der Waals surface area (Å²) in [5.74, 6) is 0.236. The molecule has 158 valence electrons. The summed E-state index contributed by atoms with van der Waals surface area (Å²) in [6.07, 6.45) is 0. The molecule has 2 aromatic carbocycles. The first kappa shape index (κ1) is 22.0. The highest BCUT2D eigenvalue weighted by molar-refractivity contribution is 7.89. The van der Waals surface area contributed by atoms with Crippen LogP contribution in [0.15, 0.2) is 64.0 Å². The number of aromatic nitrogens is 1. The number of amides is 1. The molecule has 1 N–H and O–H groups in total. The zero-order chi connectivity index (χ0) is 21.7. The minimum absolute atomic E-state index is 0.159. The molecule has 30 heavy (non-hydrogen) atoms. The average molecular weight is 448 g/mol. The van der Waals surface area contributed by atoms with Gasteiger partial charge in [0.1, 0.15) is 5.69 Å². The Morgan fingerprint density at radius 1 is 1.07 bits per heavy atom. The number of benzene rings is 2. The first-order valence-corrected chi connectivity index (χ1v) is 11.3. The molecule has 1 aromatic heterocycles. The molecule has 0 aliphatic rings. The van der Waals surface area contributed by atoms with Crippen LogP contribution in [-0.2, 0) is 16.6 Å². The third-order valence-electron chi connectivity index (χ3n) is 4.58. The van der Waals surface area contributed by atoms with E-state index < -0.39 is 10.0 Å². The summed E-state index contributed by atoms with van der Waals surface area (Å²) >= 11 is 5.88. The Bertz CT molecular complexity index is 1110. The SMILES string of the molecule is CCN(CC)S(=O)(=O)c1ccc(C(=O)NCc2cc(-c3ccc(Cl)cc3)on2)cc1. The van der Waals surface area contributed by atoms with E-state index in [4.69, 9.17) is 16.1 Å². The molecule has 1 amide bonds. The third kappa shape index (κ3) is 4.89. The quantitative estimate of drug-likeness (QED) is 0.564. The topological polar surface area (TPSA) is 92.5 Å². The van der Waals surface area contributed by atoms with Gasteiger partial charge in [-0.1, -0.05) is 30.6 Å². The number of hydrogen-bond donors (Lipinski definition) is 1. The molecule has 0 saturated carbocycles. The highest BCUT2D eigenvalue weighted by atomic mass is 35.5. The molecule has 7 nitrogen and oxygen atoms in total. The molecule has 3 rings (SSSR count). The van der Waals surface area contributed by atoms with Gasteiger partial charge in [-0.15, -0.1) is 0 Å². The Labute approximate surface area is 180 Å². The van der Waals surface area contributed by atoms with Gasteiger partial charge in [0, 0.05) is 35.3 Å². The maximum absolute atomic E-state index is 12.5. The molecular formula is C21H22ClN3O4S. The second kappa shape index (κ2) is 9.42. The van der Waals surface area contributed by atoms with Gasteiger partial charge >= 0.3 is 0 Å². The molecule has 0 aliphatic carbocycles. The minimum atomic E-state index is -3.55. The smallest absolute Gasteiger partial charge is 0.251 e. The molecule has 0 aliphatic heterocycles. The van der Waals surface area contributed by atoms with E-state index in [1.165, 1.54) is 28.6 Å². The van der Waals surface area contributed by atoms with Crippen molar-refractivity contribution in [3.05, 3.63) is 70.9 Å². The van der Waals surface area contributed by atoms with Gasteiger partial charge in [0.15, 0.2) is 5.76 Å². The van der Waals surface area contributed by atoms with E-state index in [9.17, 15) is 13.2 Å². The summed E-state index contributed by atoms with van der Waals surface area (Å²) in [5.41, 5.74) is 1.75. The van der Waals surface area contributed by atoms with Crippen LogP contribution < -0.4 is 5.32 Å². The van der Waals surface area contributed by atoms with Crippen LogP contribution in [0, 0.1) is 0 Å². The van der Waals surface area contributed by atoms with Crippen LogP contribution >= 0.6 is 11.6 Å². The van der Waals surface area contributed by atoms with Crippen molar-refractivity contribution in [3.63, 3.8) is 0 Å².